The maximum atomic E-state index is 13.2. The first-order valence-electron chi connectivity index (χ1n) is 8.63. The van der Waals surface area contributed by atoms with Gasteiger partial charge >= 0.3 is 0 Å². The van der Waals surface area contributed by atoms with Crippen LogP contribution in [-0.2, 0) is 15.7 Å². The Bertz CT molecular complexity index is 866. The van der Waals surface area contributed by atoms with Crippen molar-refractivity contribution in [3.63, 3.8) is 0 Å². The van der Waals surface area contributed by atoms with Gasteiger partial charge in [-0.15, -0.1) is 0 Å². The molecule has 2 N–H and O–H groups in total. The highest BCUT2D eigenvalue weighted by molar-refractivity contribution is 7.20. The van der Waals surface area contributed by atoms with E-state index in [0.717, 1.165) is 10.4 Å². The molecule has 2 radical (unpaired) electrons. The Morgan fingerprint density at radius 1 is 1.19 bits per heavy atom. The SMILES string of the molecule is [B]c1ccc([C@@]2(C)N=C(N)N(C)C(=O)[C@H]2c2ccc(C(C)(C)C)cc2)s1. The van der Waals surface area contributed by atoms with Crippen molar-refractivity contribution in [2.24, 2.45) is 10.7 Å². The lowest BCUT2D eigenvalue weighted by molar-refractivity contribution is -0.130. The Balaban J connectivity index is 2.14. The van der Waals surface area contributed by atoms with Crippen molar-refractivity contribution in [3.8, 4) is 0 Å². The second kappa shape index (κ2) is 6.27. The third-order valence-corrected chi connectivity index (χ3v) is 6.21. The first-order valence-corrected chi connectivity index (χ1v) is 9.45. The summed E-state index contributed by atoms with van der Waals surface area (Å²) in [6.45, 7) is 8.47. The number of guanidine groups is 1. The number of hydrogen-bond acceptors (Lipinski definition) is 4. The van der Waals surface area contributed by atoms with Gasteiger partial charge in [0.2, 0.25) is 5.91 Å². The van der Waals surface area contributed by atoms with Gasteiger partial charge in [0.05, 0.1) is 5.92 Å². The van der Waals surface area contributed by atoms with E-state index >= 15 is 0 Å². The topological polar surface area (TPSA) is 58.7 Å². The largest absolute Gasteiger partial charge is 0.369 e. The Morgan fingerprint density at radius 2 is 1.81 bits per heavy atom. The van der Waals surface area contributed by atoms with Gasteiger partial charge in [-0.3, -0.25) is 9.69 Å². The van der Waals surface area contributed by atoms with Crippen LogP contribution in [0.4, 0.5) is 0 Å². The Hall–Kier alpha value is -2.08. The Kier molecular flexibility index (Phi) is 4.51. The van der Waals surface area contributed by atoms with Crippen LogP contribution in [-0.4, -0.2) is 31.7 Å². The van der Waals surface area contributed by atoms with Crippen LogP contribution in [0, 0.1) is 0 Å². The number of carbonyl (C=O) groups excluding carboxylic acids is 1. The zero-order chi connectivity index (χ0) is 19.3. The monoisotopic (exact) mass is 365 g/mol. The quantitative estimate of drug-likeness (QED) is 0.832. The van der Waals surface area contributed by atoms with Crippen molar-refractivity contribution in [2.75, 3.05) is 7.05 Å². The number of benzene rings is 1. The van der Waals surface area contributed by atoms with Gasteiger partial charge in [-0.1, -0.05) is 51.1 Å². The lowest BCUT2D eigenvalue weighted by Gasteiger charge is -2.40. The minimum atomic E-state index is -0.779. The lowest BCUT2D eigenvalue weighted by Crippen LogP contribution is -2.52. The number of nitrogens with two attached hydrogens (primary N) is 1. The third-order valence-electron chi connectivity index (χ3n) is 5.07. The Labute approximate surface area is 160 Å². The number of carbonyl (C=O) groups is 1. The highest BCUT2D eigenvalue weighted by atomic mass is 32.1. The number of aliphatic imine (C=N–C) groups is 1. The normalized spacial score (nSPS) is 23.9. The predicted octanol–water partition coefficient (Wildman–Crippen LogP) is 2.63. The minimum Gasteiger partial charge on any atom is -0.369 e. The summed E-state index contributed by atoms with van der Waals surface area (Å²) < 4.78 is 0.697. The maximum Gasteiger partial charge on any atom is 0.239 e. The summed E-state index contributed by atoms with van der Waals surface area (Å²) in [5.41, 5.74) is 7.47. The molecule has 6 heteroatoms. The highest BCUT2D eigenvalue weighted by Gasteiger charge is 2.47. The van der Waals surface area contributed by atoms with E-state index < -0.39 is 11.5 Å². The molecule has 26 heavy (non-hydrogen) atoms. The lowest BCUT2D eigenvalue weighted by atomic mass is 9.76. The molecule has 1 amide bonds. The van der Waals surface area contributed by atoms with Crippen molar-refractivity contribution in [1.82, 2.24) is 4.90 Å². The molecule has 0 bridgehead atoms. The number of thiophene rings is 1. The average Bonchev–Trinajstić information content (AvgIpc) is 3.00. The van der Waals surface area contributed by atoms with E-state index in [-0.39, 0.29) is 17.3 Å². The zero-order valence-corrected chi connectivity index (χ0v) is 16.7. The number of hydrogen-bond donors (Lipinski definition) is 1. The predicted molar refractivity (Wildman–Crippen MR) is 109 cm³/mol. The van der Waals surface area contributed by atoms with Gasteiger partial charge < -0.3 is 5.73 Å². The summed E-state index contributed by atoms with van der Waals surface area (Å²) in [5.74, 6) is -0.283. The second-order valence-corrected chi connectivity index (χ2v) is 9.14. The van der Waals surface area contributed by atoms with Crippen LogP contribution in [0.15, 0.2) is 41.4 Å². The summed E-state index contributed by atoms with van der Waals surface area (Å²) in [6, 6.07) is 12.0. The number of nitrogens with zero attached hydrogens (tertiary/aromatic N) is 2. The molecule has 0 aliphatic carbocycles. The smallest absolute Gasteiger partial charge is 0.239 e. The van der Waals surface area contributed by atoms with Crippen LogP contribution in [0.1, 0.15) is 49.6 Å². The molecular weight excluding hydrogens is 341 g/mol. The van der Waals surface area contributed by atoms with E-state index in [2.05, 4.69) is 32.9 Å². The van der Waals surface area contributed by atoms with Crippen LogP contribution in [0.5, 0.6) is 0 Å². The molecule has 2 heterocycles. The van der Waals surface area contributed by atoms with Crippen molar-refractivity contribution >= 4 is 35.8 Å². The molecule has 0 spiro atoms. The van der Waals surface area contributed by atoms with E-state index in [0.29, 0.717) is 4.78 Å². The minimum absolute atomic E-state index is 0.0555. The van der Waals surface area contributed by atoms with Crippen LogP contribution in [0.3, 0.4) is 0 Å². The summed E-state index contributed by atoms with van der Waals surface area (Å²) >= 11 is 1.45. The fraction of sp³-hybridized carbons (Fsp3) is 0.400. The van der Waals surface area contributed by atoms with Crippen LogP contribution >= 0.6 is 11.3 Å². The molecule has 2 atom stereocenters. The molecule has 0 saturated heterocycles. The van der Waals surface area contributed by atoms with Crippen molar-refractivity contribution in [2.45, 2.75) is 44.6 Å². The molecule has 0 saturated carbocycles. The third kappa shape index (κ3) is 3.07. The van der Waals surface area contributed by atoms with Gasteiger partial charge in [0.1, 0.15) is 13.4 Å². The molecule has 4 nitrogen and oxygen atoms in total. The van der Waals surface area contributed by atoms with Gasteiger partial charge in [0, 0.05) is 11.9 Å². The van der Waals surface area contributed by atoms with E-state index in [4.69, 9.17) is 18.6 Å². The van der Waals surface area contributed by atoms with Crippen molar-refractivity contribution in [1.29, 1.82) is 0 Å². The van der Waals surface area contributed by atoms with Gasteiger partial charge in [0.15, 0.2) is 5.96 Å². The summed E-state index contributed by atoms with van der Waals surface area (Å²) in [6.07, 6.45) is 0. The molecule has 0 fully saturated rings. The fourth-order valence-corrected chi connectivity index (χ4v) is 4.29. The first kappa shape index (κ1) is 18.7. The summed E-state index contributed by atoms with van der Waals surface area (Å²) in [4.78, 5) is 20.2. The molecule has 1 aromatic heterocycles. The molecule has 1 aromatic carbocycles. The van der Waals surface area contributed by atoms with Crippen molar-refractivity contribution in [3.05, 3.63) is 52.4 Å². The van der Waals surface area contributed by atoms with Crippen LogP contribution < -0.4 is 10.5 Å². The van der Waals surface area contributed by atoms with E-state index in [1.165, 1.54) is 21.8 Å². The number of likely N-dealkylation sites (N-methyl/N-ethyl adjacent to an activating group) is 1. The van der Waals surface area contributed by atoms with Crippen LogP contribution in [0.2, 0.25) is 0 Å². The van der Waals surface area contributed by atoms with Gasteiger partial charge in [-0.05, 0) is 34.3 Å². The molecule has 1 aliphatic heterocycles. The fourth-order valence-electron chi connectivity index (χ4n) is 3.39. The summed E-state index contributed by atoms with van der Waals surface area (Å²) in [7, 11) is 7.60. The molecular formula is C20H24BN3OS. The first-order chi connectivity index (χ1) is 12.0. The van der Waals surface area contributed by atoms with Gasteiger partial charge in [-0.25, -0.2) is 4.99 Å². The van der Waals surface area contributed by atoms with Crippen LogP contribution in [0.25, 0.3) is 0 Å². The van der Waals surface area contributed by atoms with E-state index in [1.807, 2.05) is 31.2 Å². The molecule has 3 rings (SSSR count). The highest BCUT2D eigenvalue weighted by Crippen LogP contribution is 2.45. The second-order valence-electron chi connectivity index (χ2n) is 8.02. The number of rotatable bonds is 2. The van der Waals surface area contributed by atoms with Gasteiger partial charge in [-0.2, -0.15) is 11.3 Å². The maximum absolute atomic E-state index is 13.2. The standard InChI is InChI=1S/C20H24BN3OS/c1-19(2,3)13-8-6-12(7-9-13)16-17(25)24(5)18(22)23-20(16,4)14-10-11-15(21)26-14/h6-11,16H,1-5H3,(H2,22,23)/t16-,20-/m1/s1. The Morgan fingerprint density at radius 3 is 2.31 bits per heavy atom. The average molecular weight is 365 g/mol. The molecule has 1 aliphatic rings. The van der Waals surface area contributed by atoms with E-state index in [9.17, 15) is 4.79 Å². The zero-order valence-electron chi connectivity index (χ0n) is 15.9. The summed E-state index contributed by atoms with van der Waals surface area (Å²) in [5, 5.41) is 0. The van der Waals surface area contributed by atoms with E-state index in [1.54, 1.807) is 7.05 Å². The number of amides is 1. The van der Waals surface area contributed by atoms with Gasteiger partial charge in [0.25, 0.3) is 0 Å². The van der Waals surface area contributed by atoms with Crippen molar-refractivity contribution < 1.29 is 4.79 Å². The molecule has 134 valence electrons. The molecule has 2 aromatic rings. The molecule has 0 unspecified atom stereocenters.